The number of hydrogen-bond donors (Lipinski definition) is 1. The van der Waals surface area contributed by atoms with Gasteiger partial charge in [0.25, 0.3) is 11.6 Å². The van der Waals surface area contributed by atoms with Crippen molar-refractivity contribution in [2.45, 2.75) is 26.9 Å². The highest BCUT2D eigenvalue weighted by Crippen LogP contribution is 2.34. The summed E-state index contributed by atoms with van der Waals surface area (Å²) < 4.78 is 18.0. The van der Waals surface area contributed by atoms with Crippen LogP contribution in [-0.2, 0) is 6.61 Å². The van der Waals surface area contributed by atoms with E-state index in [9.17, 15) is 14.9 Å². The Kier molecular flexibility index (Phi) is 10.0. The van der Waals surface area contributed by atoms with Crippen molar-refractivity contribution < 1.29 is 23.9 Å². The fourth-order valence-electron chi connectivity index (χ4n) is 3.09. The van der Waals surface area contributed by atoms with Crippen LogP contribution in [0.1, 0.15) is 41.8 Å². The first-order valence-electron chi connectivity index (χ1n) is 11.3. The van der Waals surface area contributed by atoms with Crippen LogP contribution in [0.25, 0.3) is 0 Å². The first-order valence-corrected chi connectivity index (χ1v) is 12.4. The number of carbonyl (C=O) groups excluding carboxylic acids is 1. The second-order valence-electron chi connectivity index (χ2n) is 7.55. The zero-order valence-electron chi connectivity index (χ0n) is 19.9. The van der Waals surface area contributed by atoms with Crippen molar-refractivity contribution >= 4 is 40.4 Å². The Morgan fingerprint density at radius 3 is 2.42 bits per heavy atom. The molecular formula is C26H26IN3O6. The van der Waals surface area contributed by atoms with Gasteiger partial charge in [0.15, 0.2) is 11.5 Å². The molecule has 0 saturated carbocycles. The van der Waals surface area contributed by atoms with E-state index in [2.05, 4.69) is 33.1 Å². The van der Waals surface area contributed by atoms with Crippen molar-refractivity contribution in [3.05, 3.63) is 91.0 Å². The highest BCUT2D eigenvalue weighted by Gasteiger charge is 2.13. The monoisotopic (exact) mass is 603 g/mol. The van der Waals surface area contributed by atoms with Gasteiger partial charge in [0.1, 0.15) is 12.4 Å². The van der Waals surface area contributed by atoms with Gasteiger partial charge < -0.3 is 14.2 Å². The van der Waals surface area contributed by atoms with Gasteiger partial charge in [0, 0.05) is 17.7 Å². The summed E-state index contributed by atoms with van der Waals surface area (Å²) in [6.07, 6.45) is 2.44. The molecule has 0 aliphatic rings. The van der Waals surface area contributed by atoms with Crippen LogP contribution < -0.4 is 19.6 Å². The summed E-state index contributed by atoms with van der Waals surface area (Å²) >= 11 is 2.14. The average Bonchev–Trinajstić information content (AvgIpc) is 2.87. The summed E-state index contributed by atoms with van der Waals surface area (Å²) in [6, 6.07) is 16.7. The van der Waals surface area contributed by atoms with E-state index < -0.39 is 4.92 Å². The summed E-state index contributed by atoms with van der Waals surface area (Å²) in [5, 5.41) is 14.9. The second kappa shape index (κ2) is 13.4. The number of non-ortho nitro benzene ring substituents is 1. The van der Waals surface area contributed by atoms with Crippen LogP contribution in [0.15, 0.2) is 65.8 Å². The number of nitrogens with one attached hydrogen (secondary N) is 1. The van der Waals surface area contributed by atoms with Crippen LogP contribution in [0.3, 0.4) is 0 Å². The van der Waals surface area contributed by atoms with E-state index in [0.29, 0.717) is 41.6 Å². The van der Waals surface area contributed by atoms with Gasteiger partial charge in [-0.2, -0.15) is 5.10 Å². The number of nitro groups is 1. The molecule has 0 unspecified atom stereocenters. The molecule has 3 rings (SSSR count). The van der Waals surface area contributed by atoms with Crippen LogP contribution in [0.2, 0.25) is 0 Å². The maximum atomic E-state index is 12.4. The summed E-state index contributed by atoms with van der Waals surface area (Å²) in [4.78, 5) is 22.8. The first kappa shape index (κ1) is 26.9. The molecular weight excluding hydrogens is 577 g/mol. The summed E-state index contributed by atoms with van der Waals surface area (Å²) in [7, 11) is 0. The van der Waals surface area contributed by atoms with Crippen LogP contribution >= 0.6 is 22.6 Å². The standard InChI is InChI=1S/C26H26IN3O6/c1-3-13-35-22-11-7-20(8-12-22)26(31)29-28-16-19-14-23(27)25(24(15-19)34-4-2)36-17-18-5-9-21(10-6-18)30(32)33/h5-12,14-16H,3-4,13,17H2,1-2H3,(H,29,31)/b28-16-. The molecule has 0 heterocycles. The lowest BCUT2D eigenvalue weighted by Gasteiger charge is -2.14. The van der Waals surface area contributed by atoms with Gasteiger partial charge in [-0.15, -0.1) is 0 Å². The predicted octanol–water partition coefficient (Wildman–Crippen LogP) is 5.73. The van der Waals surface area contributed by atoms with Crippen molar-refractivity contribution in [2.75, 3.05) is 13.2 Å². The van der Waals surface area contributed by atoms with Crippen LogP contribution in [0.4, 0.5) is 5.69 Å². The number of rotatable bonds is 12. The molecule has 0 fully saturated rings. The van der Waals surface area contributed by atoms with Gasteiger partial charge in [-0.3, -0.25) is 14.9 Å². The quantitative estimate of drug-likeness (QED) is 0.123. The Morgan fingerprint density at radius 2 is 1.78 bits per heavy atom. The number of benzene rings is 3. The molecule has 0 spiro atoms. The summed E-state index contributed by atoms with van der Waals surface area (Å²) in [5.41, 5.74) is 4.52. The van der Waals surface area contributed by atoms with Gasteiger partial charge in [0.05, 0.1) is 27.9 Å². The third-order valence-corrected chi connectivity index (χ3v) is 5.63. The van der Waals surface area contributed by atoms with Gasteiger partial charge >= 0.3 is 0 Å². The van der Waals surface area contributed by atoms with Crippen LogP contribution in [0.5, 0.6) is 17.2 Å². The highest BCUT2D eigenvalue weighted by molar-refractivity contribution is 14.1. The molecule has 10 heteroatoms. The fourth-order valence-corrected chi connectivity index (χ4v) is 3.87. The van der Waals surface area contributed by atoms with E-state index in [4.69, 9.17) is 14.2 Å². The highest BCUT2D eigenvalue weighted by atomic mass is 127. The molecule has 3 aromatic rings. The molecule has 0 bridgehead atoms. The third-order valence-electron chi connectivity index (χ3n) is 4.83. The number of nitro benzene ring substituents is 1. The van der Waals surface area contributed by atoms with E-state index >= 15 is 0 Å². The van der Waals surface area contributed by atoms with Gasteiger partial charge in [0.2, 0.25) is 0 Å². The number of nitrogens with zero attached hydrogens (tertiary/aromatic N) is 2. The van der Waals surface area contributed by atoms with Gasteiger partial charge in [-0.1, -0.05) is 6.92 Å². The van der Waals surface area contributed by atoms with E-state index in [1.165, 1.54) is 18.3 Å². The maximum Gasteiger partial charge on any atom is 0.271 e. The van der Waals surface area contributed by atoms with Crippen molar-refractivity contribution in [3.63, 3.8) is 0 Å². The van der Waals surface area contributed by atoms with E-state index in [1.54, 1.807) is 42.5 Å². The fraction of sp³-hybridized carbons (Fsp3) is 0.231. The Labute approximate surface area is 222 Å². The number of hydrazone groups is 1. The molecule has 0 aliphatic carbocycles. The van der Waals surface area contributed by atoms with Crippen molar-refractivity contribution in [2.24, 2.45) is 5.10 Å². The summed E-state index contributed by atoms with van der Waals surface area (Å²) in [6.45, 7) is 5.17. The normalized spacial score (nSPS) is 10.8. The Balaban J connectivity index is 1.65. The largest absolute Gasteiger partial charge is 0.494 e. The smallest absolute Gasteiger partial charge is 0.271 e. The SMILES string of the molecule is CCCOc1ccc(C(=O)N/N=C\c2cc(I)c(OCc3ccc([N+](=O)[O-])cc3)c(OCC)c2)cc1. The molecule has 9 nitrogen and oxygen atoms in total. The number of carbonyl (C=O) groups is 1. The molecule has 3 aromatic carbocycles. The Morgan fingerprint density at radius 1 is 1.06 bits per heavy atom. The van der Waals surface area contributed by atoms with Crippen molar-refractivity contribution in [3.8, 4) is 17.2 Å². The number of hydrogen-bond acceptors (Lipinski definition) is 7. The molecule has 36 heavy (non-hydrogen) atoms. The molecule has 188 valence electrons. The Bertz CT molecular complexity index is 1210. The lowest BCUT2D eigenvalue weighted by molar-refractivity contribution is -0.384. The number of amides is 1. The molecule has 1 amide bonds. The summed E-state index contributed by atoms with van der Waals surface area (Å²) in [5.74, 6) is 1.46. The molecule has 0 aliphatic heterocycles. The topological polar surface area (TPSA) is 112 Å². The molecule has 0 aromatic heterocycles. The van der Waals surface area contributed by atoms with E-state index in [0.717, 1.165) is 15.6 Å². The minimum absolute atomic E-state index is 0.0251. The average molecular weight is 603 g/mol. The van der Waals surface area contributed by atoms with E-state index in [-0.39, 0.29) is 18.2 Å². The maximum absolute atomic E-state index is 12.4. The number of halogens is 1. The molecule has 0 saturated heterocycles. The van der Waals surface area contributed by atoms with Crippen LogP contribution in [-0.4, -0.2) is 30.3 Å². The number of ether oxygens (including phenoxy) is 3. The minimum atomic E-state index is -0.442. The lowest BCUT2D eigenvalue weighted by atomic mass is 10.2. The Hall–Kier alpha value is -3.67. The third kappa shape index (κ3) is 7.67. The lowest BCUT2D eigenvalue weighted by Crippen LogP contribution is -2.17. The van der Waals surface area contributed by atoms with Crippen LogP contribution in [0, 0.1) is 13.7 Å². The van der Waals surface area contributed by atoms with E-state index in [1.807, 2.05) is 19.9 Å². The zero-order chi connectivity index (χ0) is 25.9. The molecule has 1 N–H and O–H groups in total. The van der Waals surface area contributed by atoms with Crippen molar-refractivity contribution in [1.29, 1.82) is 0 Å². The van der Waals surface area contributed by atoms with Gasteiger partial charge in [-0.25, -0.2) is 5.43 Å². The van der Waals surface area contributed by atoms with Crippen molar-refractivity contribution in [1.82, 2.24) is 5.43 Å². The molecule has 0 radical (unpaired) electrons. The first-order chi connectivity index (χ1) is 17.4. The predicted molar refractivity (Wildman–Crippen MR) is 145 cm³/mol. The minimum Gasteiger partial charge on any atom is -0.494 e. The molecule has 0 atom stereocenters. The zero-order valence-corrected chi connectivity index (χ0v) is 22.1. The second-order valence-corrected chi connectivity index (χ2v) is 8.71. The van der Waals surface area contributed by atoms with Gasteiger partial charge in [-0.05, 0) is 95.6 Å².